The molecule has 0 spiro atoms. The second-order valence-corrected chi connectivity index (χ2v) is 7.24. The Labute approximate surface area is 162 Å². The lowest BCUT2D eigenvalue weighted by molar-refractivity contribution is -0.149. The van der Waals surface area contributed by atoms with Gasteiger partial charge in [0.25, 0.3) is 0 Å². The van der Waals surface area contributed by atoms with Crippen LogP contribution in [0, 0.1) is 0 Å². The Hall–Kier alpha value is -3.16. The van der Waals surface area contributed by atoms with Crippen LogP contribution in [0.4, 0.5) is 0 Å². The number of amides is 3. The highest BCUT2D eigenvalue weighted by atomic mass is 16.4. The van der Waals surface area contributed by atoms with Gasteiger partial charge in [-0.3, -0.25) is 14.4 Å². The predicted molar refractivity (Wildman–Crippen MR) is 99.7 cm³/mol. The molecule has 2 atom stereocenters. The van der Waals surface area contributed by atoms with Gasteiger partial charge in [0, 0.05) is 43.6 Å². The Morgan fingerprint density at radius 1 is 1.11 bits per heavy atom. The molecular formula is C20H22N4O4. The van der Waals surface area contributed by atoms with Crippen LogP contribution >= 0.6 is 0 Å². The number of rotatable bonds is 4. The number of likely N-dealkylation sites (tertiary alicyclic amines) is 1. The summed E-state index contributed by atoms with van der Waals surface area (Å²) >= 11 is 0. The highest BCUT2D eigenvalue weighted by molar-refractivity contribution is 6.34. The molecule has 0 aliphatic carbocycles. The fourth-order valence-electron chi connectivity index (χ4n) is 4.14. The summed E-state index contributed by atoms with van der Waals surface area (Å²) in [5.74, 6) is -0.378. The van der Waals surface area contributed by atoms with Crippen molar-refractivity contribution in [3.63, 3.8) is 0 Å². The summed E-state index contributed by atoms with van der Waals surface area (Å²) in [7, 11) is 0. The average molecular weight is 382 g/mol. The fourth-order valence-corrected chi connectivity index (χ4v) is 4.14. The smallest absolute Gasteiger partial charge is 0.311 e. The van der Waals surface area contributed by atoms with E-state index in [1.807, 2.05) is 35.2 Å². The van der Waals surface area contributed by atoms with Crippen molar-refractivity contribution in [1.82, 2.24) is 14.8 Å². The summed E-state index contributed by atoms with van der Waals surface area (Å²) in [6.45, 7) is 0.725. The van der Waals surface area contributed by atoms with Gasteiger partial charge in [-0.05, 0) is 12.8 Å². The van der Waals surface area contributed by atoms with Gasteiger partial charge in [-0.1, -0.05) is 30.3 Å². The maximum absolute atomic E-state index is 12.8. The molecule has 8 heteroatoms. The molecule has 2 aliphatic heterocycles. The van der Waals surface area contributed by atoms with Crippen LogP contribution in [0.15, 0.2) is 40.9 Å². The van der Waals surface area contributed by atoms with E-state index in [0.29, 0.717) is 37.6 Å². The van der Waals surface area contributed by atoms with Gasteiger partial charge in [-0.15, -0.1) is 0 Å². The van der Waals surface area contributed by atoms with E-state index in [1.165, 1.54) is 4.90 Å². The summed E-state index contributed by atoms with van der Waals surface area (Å²) in [5, 5.41) is 0. The molecule has 1 aromatic carbocycles. The number of primary amides is 1. The Morgan fingerprint density at radius 3 is 2.43 bits per heavy atom. The first kappa shape index (κ1) is 18.2. The van der Waals surface area contributed by atoms with E-state index in [4.69, 9.17) is 10.2 Å². The summed E-state index contributed by atoms with van der Waals surface area (Å²) < 4.78 is 5.77. The SMILES string of the molecule is NC(=O)C(=O)N1C[C@H]2CC[C@@H](C1)N2C(=O)CCc1ncc(-c2ccccc2)o1. The van der Waals surface area contributed by atoms with Crippen molar-refractivity contribution in [3.8, 4) is 11.3 Å². The molecule has 0 radical (unpaired) electrons. The zero-order valence-electron chi connectivity index (χ0n) is 15.4. The topological polar surface area (TPSA) is 110 Å². The minimum absolute atomic E-state index is 0.0261. The number of oxazole rings is 1. The summed E-state index contributed by atoms with van der Waals surface area (Å²) in [6.07, 6.45) is 4.05. The molecule has 2 bridgehead atoms. The van der Waals surface area contributed by atoms with E-state index in [2.05, 4.69) is 4.98 Å². The van der Waals surface area contributed by atoms with E-state index in [1.54, 1.807) is 6.20 Å². The van der Waals surface area contributed by atoms with Gasteiger partial charge in [0.1, 0.15) is 0 Å². The summed E-state index contributed by atoms with van der Waals surface area (Å²) in [5.41, 5.74) is 6.05. The number of benzene rings is 1. The van der Waals surface area contributed by atoms with E-state index in [0.717, 1.165) is 18.4 Å². The number of piperazine rings is 1. The van der Waals surface area contributed by atoms with Gasteiger partial charge in [0.05, 0.1) is 6.20 Å². The molecule has 2 aromatic rings. The van der Waals surface area contributed by atoms with Gasteiger partial charge in [0.2, 0.25) is 5.91 Å². The van der Waals surface area contributed by atoms with Crippen LogP contribution in [-0.4, -0.2) is 57.7 Å². The molecule has 2 aliphatic rings. The van der Waals surface area contributed by atoms with Crippen molar-refractivity contribution in [2.75, 3.05) is 13.1 Å². The first-order valence-corrected chi connectivity index (χ1v) is 9.43. The molecule has 146 valence electrons. The number of hydrogen-bond acceptors (Lipinski definition) is 5. The van der Waals surface area contributed by atoms with Crippen LogP contribution in [-0.2, 0) is 20.8 Å². The number of nitrogens with two attached hydrogens (primary N) is 1. The summed E-state index contributed by atoms with van der Waals surface area (Å²) in [6, 6.07) is 9.57. The van der Waals surface area contributed by atoms with Crippen LogP contribution in [0.1, 0.15) is 25.2 Å². The van der Waals surface area contributed by atoms with Gasteiger partial charge in [-0.25, -0.2) is 4.98 Å². The lowest BCUT2D eigenvalue weighted by Gasteiger charge is -2.40. The van der Waals surface area contributed by atoms with Crippen molar-refractivity contribution in [2.45, 2.75) is 37.8 Å². The average Bonchev–Trinajstić information content (AvgIpc) is 3.28. The molecule has 0 unspecified atom stereocenters. The third-order valence-electron chi connectivity index (χ3n) is 5.43. The normalized spacial score (nSPS) is 21.0. The fraction of sp³-hybridized carbons (Fsp3) is 0.400. The number of nitrogens with zero attached hydrogens (tertiary/aromatic N) is 3. The number of hydrogen-bond donors (Lipinski definition) is 1. The molecule has 3 amide bonds. The molecule has 0 saturated carbocycles. The minimum atomic E-state index is -0.947. The molecule has 1 aromatic heterocycles. The zero-order chi connectivity index (χ0) is 19.7. The molecule has 2 fully saturated rings. The van der Waals surface area contributed by atoms with Gasteiger partial charge in [-0.2, -0.15) is 0 Å². The highest BCUT2D eigenvalue weighted by Crippen LogP contribution is 2.31. The minimum Gasteiger partial charge on any atom is -0.441 e. The van der Waals surface area contributed by atoms with Crippen molar-refractivity contribution in [1.29, 1.82) is 0 Å². The van der Waals surface area contributed by atoms with Gasteiger partial charge >= 0.3 is 11.8 Å². The maximum Gasteiger partial charge on any atom is 0.311 e. The Balaban J connectivity index is 1.36. The lowest BCUT2D eigenvalue weighted by atomic mass is 10.1. The van der Waals surface area contributed by atoms with Crippen LogP contribution in [0.2, 0.25) is 0 Å². The van der Waals surface area contributed by atoms with Crippen LogP contribution in [0.3, 0.4) is 0 Å². The van der Waals surface area contributed by atoms with Crippen LogP contribution in [0.25, 0.3) is 11.3 Å². The van der Waals surface area contributed by atoms with E-state index < -0.39 is 11.8 Å². The van der Waals surface area contributed by atoms with Gasteiger partial charge in [0.15, 0.2) is 11.7 Å². The monoisotopic (exact) mass is 382 g/mol. The number of carbonyl (C=O) groups excluding carboxylic acids is 3. The third kappa shape index (κ3) is 3.49. The van der Waals surface area contributed by atoms with Crippen molar-refractivity contribution in [3.05, 3.63) is 42.4 Å². The highest BCUT2D eigenvalue weighted by Gasteiger charge is 2.44. The molecule has 2 saturated heterocycles. The quantitative estimate of drug-likeness (QED) is 0.792. The van der Waals surface area contributed by atoms with Crippen molar-refractivity contribution < 1.29 is 18.8 Å². The maximum atomic E-state index is 12.8. The standard InChI is InChI=1S/C20H22N4O4/c21-19(26)20(27)23-11-14-6-7-15(12-23)24(14)18(25)9-8-17-22-10-16(28-17)13-4-2-1-3-5-13/h1-5,10,14-15H,6-9,11-12H2,(H2,21,26)/t14-,15+. The number of fused-ring (bicyclic) bond motifs is 2. The lowest BCUT2D eigenvalue weighted by Crippen LogP contribution is -2.58. The molecular weight excluding hydrogens is 360 g/mol. The van der Waals surface area contributed by atoms with Crippen molar-refractivity contribution >= 4 is 17.7 Å². The third-order valence-corrected chi connectivity index (χ3v) is 5.43. The second-order valence-electron chi connectivity index (χ2n) is 7.24. The molecule has 8 nitrogen and oxygen atoms in total. The summed E-state index contributed by atoms with van der Waals surface area (Å²) in [4.78, 5) is 43.4. The first-order valence-electron chi connectivity index (χ1n) is 9.43. The number of carbonyl (C=O) groups is 3. The van der Waals surface area contributed by atoms with E-state index in [-0.39, 0.29) is 18.0 Å². The molecule has 3 heterocycles. The zero-order valence-corrected chi connectivity index (χ0v) is 15.4. The number of aryl methyl sites for hydroxylation is 1. The Kier molecular flexibility index (Phi) is 4.85. The molecule has 28 heavy (non-hydrogen) atoms. The van der Waals surface area contributed by atoms with Crippen molar-refractivity contribution in [2.24, 2.45) is 5.73 Å². The largest absolute Gasteiger partial charge is 0.441 e. The molecule has 4 rings (SSSR count). The van der Waals surface area contributed by atoms with Crippen LogP contribution < -0.4 is 5.73 Å². The molecule has 2 N–H and O–H groups in total. The van der Waals surface area contributed by atoms with E-state index >= 15 is 0 Å². The van der Waals surface area contributed by atoms with Crippen LogP contribution in [0.5, 0.6) is 0 Å². The Morgan fingerprint density at radius 2 is 1.79 bits per heavy atom. The second kappa shape index (κ2) is 7.46. The Bertz CT molecular complexity index is 881. The van der Waals surface area contributed by atoms with Gasteiger partial charge < -0.3 is 20.0 Å². The predicted octanol–water partition coefficient (Wildman–Crippen LogP) is 0.961. The number of aromatic nitrogens is 1. The van der Waals surface area contributed by atoms with E-state index in [9.17, 15) is 14.4 Å². The first-order chi connectivity index (χ1) is 13.5.